The normalized spacial score (nSPS) is 20.2. The predicted octanol–water partition coefficient (Wildman–Crippen LogP) is 2.34. The summed E-state index contributed by atoms with van der Waals surface area (Å²) < 4.78 is 0. The number of piperidine rings is 1. The lowest BCUT2D eigenvalue weighted by molar-refractivity contribution is -0.123. The molecule has 0 aromatic carbocycles. The summed E-state index contributed by atoms with van der Waals surface area (Å²) in [6.07, 6.45) is 6.71. The number of likely N-dealkylation sites (tertiary alicyclic amines) is 1. The standard InChI is InChI=1S/C20H41N5O/c1-5-22-20(24-17(4)10-6-9-16(2)3)23-12-8-14-25-13-7-11-18(15-25)19(21)26/h16-18H,5-15H2,1-4H3,(H2,21,26)(H2,22,23,24). The van der Waals surface area contributed by atoms with Crippen molar-refractivity contribution in [1.29, 1.82) is 0 Å². The number of aliphatic imine (C=N–C) groups is 1. The van der Waals surface area contributed by atoms with Crippen molar-refractivity contribution >= 4 is 11.9 Å². The van der Waals surface area contributed by atoms with Crippen LogP contribution in [-0.2, 0) is 4.79 Å². The number of nitrogens with zero attached hydrogens (tertiary/aromatic N) is 2. The SMILES string of the molecule is CCNC(=NCCCN1CCCC(C(N)=O)C1)NC(C)CCCC(C)C. The Bertz CT molecular complexity index is 424. The molecular weight excluding hydrogens is 326 g/mol. The van der Waals surface area contributed by atoms with Gasteiger partial charge in [0, 0.05) is 25.7 Å². The van der Waals surface area contributed by atoms with Crippen LogP contribution in [0.15, 0.2) is 4.99 Å². The summed E-state index contributed by atoms with van der Waals surface area (Å²) in [4.78, 5) is 18.4. The Morgan fingerprint density at radius 1 is 1.27 bits per heavy atom. The first-order valence-electron chi connectivity index (χ1n) is 10.5. The van der Waals surface area contributed by atoms with E-state index < -0.39 is 0 Å². The molecule has 1 aliphatic heterocycles. The maximum Gasteiger partial charge on any atom is 0.221 e. The summed E-state index contributed by atoms with van der Waals surface area (Å²) in [6.45, 7) is 13.4. The molecule has 152 valence electrons. The zero-order chi connectivity index (χ0) is 19.4. The molecule has 6 heteroatoms. The van der Waals surface area contributed by atoms with Gasteiger partial charge in [-0.2, -0.15) is 0 Å². The van der Waals surface area contributed by atoms with Gasteiger partial charge in [-0.15, -0.1) is 0 Å². The van der Waals surface area contributed by atoms with E-state index >= 15 is 0 Å². The van der Waals surface area contributed by atoms with Gasteiger partial charge in [0.15, 0.2) is 5.96 Å². The van der Waals surface area contributed by atoms with Gasteiger partial charge in [-0.05, 0) is 58.5 Å². The first-order valence-corrected chi connectivity index (χ1v) is 10.5. The Morgan fingerprint density at radius 3 is 2.69 bits per heavy atom. The van der Waals surface area contributed by atoms with Crippen molar-refractivity contribution in [2.24, 2.45) is 22.6 Å². The lowest BCUT2D eigenvalue weighted by atomic mass is 9.97. The molecule has 6 nitrogen and oxygen atoms in total. The average molecular weight is 368 g/mol. The van der Waals surface area contributed by atoms with Crippen molar-refractivity contribution in [3.8, 4) is 0 Å². The number of amides is 1. The Hall–Kier alpha value is -1.30. The van der Waals surface area contributed by atoms with Gasteiger partial charge in [0.1, 0.15) is 0 Å². The van der Waals surface area contributed by atoms with Gasteiger partial charge in [0.2, 0.25) is 5.91 Å². The van der Waals surface area contributed by atoms with E-state index in [0.717, 1.165) is 63.9 Å². The molecule has 1 rings (SSSR count). The van der Waals surface area contributed by atoms with Gasteiger partial charge in [-0.25, -0.2) is 0 Å². The zero-order valence-corrected chi connectivity index (χ0v) is 17.4. The van der Waals surface area contributed by atoms with E-state index in [1.807, 2.05) is 0 Å². The average Bonchev–Trinajstić information content (AvgIpc) is 2.58. The van der Waals surface area contributed by atoms with Crippen LogP contribution in [0.25, 0.3) is 0 Å². The van der Waals surface area contributed by atoms with Crippen molar-refractivity contribution in [2.75, 3.05) is 32.7 Å². The maximum atomic E-state index is 11.4. The molecule has 1 fully saturated rings. The molecule has 1 saturated heterocycles. The van der Waals surface area contributed by atoms with Crippen molar-refractivity contribution in [3.05, 3.63) is 0 Å². The van der Waals surface area contributed by atoms with Gasteiger partial charge >= 0.3 is 0 Å². The lowest BCUT2D eigenvalue weighted by Crippen LogP contribution is -2.43. The third-order valence-corrected chi connectivity index (χ3v) is 4.96. The van der Waals surface area contributed by atoms with Gasteiger partial charge < -0.3 is 21.3 Å². The molecule has 4 N–H and O–H groups in total. The van der Waals surface area contributed by atoms with E-state index in [-0.39, 0.29) is 11.8 Å². The van der Waals surface area contributed by atoms with E-state index in [4.69, 9.17) is 10.7 Å². The molecule has 1 heterocycles. The van der Waals surface area contributed by atoms with Gasteiger partial charge in [-0.1, -0.05) is 26.7 Å². The highest BCUT2D eigenvalue weighted by atomic mass is 16.1. The molecule has 0 bridgehead atoms. The van der Waals surface area contributed by atoms with Gasteiger partial charge in [-0.3, -0.25) is 9.79 Å². The molecule has 2 unspecified atom stereocenters. The summed E-state index contributed by atoms with van der Waals surface area (Å²) in [7, 11) is 0. The second-order valence-electron chi connectivity index (χ2n) is 8.03. The van der Waals surface area contributed by atoms with Crippen LogP contribution < -0.4 is 16.4 Å². The van der Waals surface area contributed by atoms with Crippen LogP contribution in [0.1, 0.15) is 66.2 Å². The topological polar surface area (TPSA) is 82.8 Å². The molecule has 2 atom stereocenters. The van der Waals surface area contributed by atoms with E-state index in [1.54, 1.807) is 0 Å². The van der Waals surface area contributed by atoms with Crippen LogP contribution in [0.3, 0.4) is 0 Å². The third-order valence-electron chi connectivity index (χ3n) is 4.96. The van der Waals surface area contributed by atoms with Crippen LogP contribution >= 0.6 is 0 Å². The smallest absolute Gasteiger partial charge is 0.221 e. The monoisotopic (exact) mass is 367 g/mol. The number of guanidine groups is 1. The Kier molecular flexibility index (Phi) is 11.3. The Morgan fingerprint density at radius 2 is 2.04 bits per heavy atom. The molecule has 0 aliphatic carbocycles. The first kappa shape index (κ1) is 22.7. The minimum atomic E-state index is -0.155. The number of rotatable bonds is 11. The highest BCUT2D eigenvalue weighted by molar-refractivity contribution is 5.80. The summed E-state index contributed by atoms with van der Waals surface area (Å²) in [5, 5.41) is 6.85. The molecule has 0 saturated carbocycles. The third kappa shape index (κ3) is 10.00. The van der Waals surface area contributed by atoms with Crippen molar-refractivity contribution in [2.45, 2.75) is 72.3 Å². The van der Waals surface area contributed by atoms with Crippen LogP contribution in [0.5, 0.6) is 0 Å². The van der Waals surface area contributed by atoms with Gasteiger partial charge in [0.05, 0.1) is 5.92 Å². The number of nitrogens with one attached hydrogen (secondary N) is 2. The molecule has 0 radical (unpaired) electrons. The molecule has 1 amide bonds. The van der Waals surface area contributed by atoms with Crippen LogP contribution in [0.4, 0.5) is 0 Å². The molecular formula is C20H41N5O. The number of primary amides is 1. The second kappa shape index (κ2) is 13.0. The molecule has 0 spiro atoms. The lowest BCUT2D eigenvalue weighted by Gasteiger charge is -2.30. The zero-order valence-electron chi connectivity index (χ0n) is 17.4. The second-order valence-corrected chi connectivity index (χ2v) is 8.03. The number of carbonyl (C=O) groups excluding carboxylic acids is 1. The molecule has 0 aromatic rings. The molecule has 26 heavy (non-hydrogen) atoms. The first-order chi connectivity index (χ1) is 12.4. The van der Waals surface area contributed by atoms with Crippen molar-refractivity contribution < 1.29 is 4.79 Å². The summed E-state index contributed by atoms with van der Waals surface area (Å²) in [5.41, 5.74) is 5.45. The minimum Gasteiger partial charge on any atom is -0.369 e. The summed E-state index contributed by atoms with van der Waals surface area (Å²) in [5.74, 6) is 1.56. The van der Waals surface area contributed by atoms with Crippen molar-refractivity contribution in [3.63, 3.8) is 0 Å². The Labute approximate surface area is 160 Å². The Balaban J connectivity index is 2.31. The molecule has 1 aliphatic rings. The van der Waals surface area contributed by atoms with E-state index in [0.29, 0.717) is 6.04 Å². The van der Waals surface area contributed by atoms with Crippen LogP contribution in [0, 0.1) is 11.8 Å². The predicted molar refractivity (Wildman–Crippen MR) is 110 cm³/mol. The fourth-order valence-electron chi connectivity index (χ4n) is 3.43. The highest BCUT2D eigenvalue weighted by Crippen LogP contribution is 2.16. The quantitative estimate of drug-likeness (QED) is 0.297. The van der Waals surface area contributed by atoms with E-state index in [2.05, 4.69) is 43.2 Å². The maximum absolute atomic E-state index is 11.4. The number of carbonyl (C=O) groups is 1. The largest absolute Gasteiger partial charge is 0.369 e. The van der Waals surface area contributed by atoms with Gasteiger partial charge in [0.25, 0.3) is 0 Å². The number of hydrogen-bond acceptors (Lipinski definition) is 3. The number of nitrogens with two attached hydrogens (primary N) is 1. The fraction of sp³-hybridized carbons (Fsp3) is 0.900. The van der Waals surface area contributed by atoms with E-state index in [9.17, 15) is 4.79 Å². The van der Waals surface area contributed by atoms with Crippen molar-refractivity contribution in [1.82, 2.24) is 15.5 Å². The molecule has 0 aromatic heterocycles. The van der Waals surface area contributed by atoms with E-state index in [1.165, 1.54) is 19.3 Å². The summed E-state index contributed by atoms with van der Waals surface area (Å²) in [6, 6.07) is 0.435. The van der Waals surface area contributed by atoms with Crippen LogP contribution in [-0.4, -0.2) is 55.5 Å². The highest BCUT2D eigenvalue weighted by Gasteiger charge is 2.23. The summed E-state index contributed by atoms with van der Waals surface area (Å²) >= 11 is 0. The van der Waals surface area contributed by atoms with Crippen LogP contribution in [0.2, 0.25) is 0 Å². The number of hydrogen-bond donors (Lipinski definition) is 3. The minimum absolute atomic E-state index is 0.0259. The fourth-order valence-corrected chi connectivity index (χ4v) is 3.43.